The summed E-state index contributed by atoms with van der Waals surface area (Å²) in [5.74, 6) is 4.93. The highest BCUT2D eigenvalue weighted by molar-refractivity contribution is 7.90. The Morgan fingerprint density at radius 3 is 2.30 bits per heavy atom. The Morgan fingerprint density at radius 1 is 1.10 bits per heavy atom. The molecule has 0 aliphatic heterocycles. The molecular weight excluding hydrogens is 402 g/mol. The molecule has 0 radical (unpaired) electrons. The van der Waals surface area contributed by atoms with Crippen molar-refractivity contribution in [1.29, 1.82) is 0 Å². The quantitative estimate of drug-likeness (QED) is 0.280. The van der Waals surface area contributed by atoms with E-state index in [9.17, 15) is 18.3 Å². The van der Waals surface area contributed by atoms with E-state index in [1.165, 1.54) is 25.7 Å². The standard InChI is InChI=1S/C22H35N3O4S/c1-5-6-7-8-9-10-11-12-19-13-15-20(16-14-19)23-30(28,29)24-21(17-22(26)27)18-25(2,3)4/h13-16,21,23-24H,5-10,17-18H2,1-4H3/t21-/m1/s1. The highest BCUT2D eigenvalue weighted by Gasteiger charge is 2.23. The molecule has 0 unspecified atom stereocenters. The molecule has 1 aromatic rings. The van der Waals surface area contributed by atoms with Gasteiger partial charge in [-0.25, -0.2) is 0 Å². The topological polar surface area (TPSA) is 98.3 Å². The molecule has 0 aliphatic rings. The predicted octanol–water partition coefficient (Wildman–Crippen LogP) is 1.86. The molecule has 168 valence electrons. The second-order valence-electron chi connectivity index (χ2n) is 8.51. The summed E-state index contributed by atoms with van der Waals surface area (Å²) in [5.41, 5.74) is 1.20. The second-order valence-corrected chi connectivity index (χ2v) is 9.96. The Morgan fingerprint density at radius 2 is 1.73 bits per heavy atom. The lowest BCUT2D eigenvalue weighted by Gasteiger charge is -2.29. The molecule has 0 amide bonds. The molecule has 1 atom stereocenters. The van der Waals surface area contributed by atoms with Crippen molar-refractivity contribution in [3.8, 4) is 11.8 Å². The van der Waals surface area contributed by atoms with Crippen molar-refractivity contribution in [3.05, 3.63) is 29.8 Å². The molecule has 0 bridgehead atoms. The lowest BCUT2D eigenvalue weighted by molar-refractivity contribution is -0.871. The van der Waals surface area contributed by atoms with Crippen LogP contribution in [0.3, 0.4) is 0 Å². The van der Waals surface area contributed by atoms with Crippen LogP contribution >= 0.6 is 0 Å². The summed E-state index contributed by atoms with van der Waals surface area (Å²) in [4.78, 5) is 11.0. The average Bonchev–Trinajstić information content (AvgIpc) is 2.59. The van der Waals surface area contributed by atoms with Gasteiger partial charge in [0, 0.05) is 30.1 Å². The molecule has 30 heavy (non-hydrogen) atoms. The van der Waals surface area contributed by atoms with E-state index in [1.54, 1.807) is 24.3 Å². The zero-order valence-electron chi connectivity index (χ0n) is 18.5. The highest BCUT2D eigenvalue weighted by Crippen LogP contribution is 2.11. The van der Waals surface area contributed by atoms with Crippen LogP contribution in [0.5, 0.6) is 0 Å². The number of carbonyl (C=O) groups is 1. The maximum atomic E-state index is 12.4. The number of hydrogen-bond acceptors (Lipinski definition) is 4. The van der Waals surface area contributed by atoms with Gasteiger partial charge in [-0.3, -0.25) is 4.72 Å². The van der Waals surface area contributed by atoms with E-state index in [2.05, 4.69) is 28.2 Å². The summed E-state index contributed by atoms with van der Waals surface area (Å²) < 4.78 is 30.1. The number of hydrogen-bond donors (Lipinski definition) is 2. The Labute approximate surface area is 181 Å². The molecule has 0 saturated heterocycles. The summed E-state index contributed by atoms with van der Waals surface area (Å²) in [6.45, 7) is 2.50. The fraction of sp³-hybridized carbons (Fsp3) is 0.591. The van der Waals surface area contributed by atoms with Crippen molar-refractivity contribution in [1.82, 2.24) is 4.72 Å². The molecule has 0 saturated carbocycles. The third-order valence-corrected chi connectivity index (χ3v) is 5.43. The van der Waals surface area contributed by atoms with Gasteiger partial charge >= 0.3 is 0 Å². The monoisotopic (exact) mass is 437 g/mol. The lowest BCUT2D eigenvalue weighted by Crippen LogP contribution is -2.51. The van der Waals surface area contributed by atoms with E-state index in [0.29, 0.717) is 16.7 Å². The molecule has 0 aromatic heterocycles. The van der Waals surface area contributed by atoms with Gasteiger partial charge in [-0.15, -0.1) is 0 Å². The molecule has 2 N–H and O–H groups in total. The van der Waals surface area contributed by atoms with Gasteiger partial charge in [0.15, 0.2) is 0 Å². The number of carboxylic acids is 1. The van der Waals surface area contributed by atoms with Crippen LogP contribution in [0.25, 0.3) is 0 Å². The summed E-state index contributed by atoms with van der Waals surface area (Å²) in [6, 6.07) is 6.00. The molecule has 0 fully saturated rings. The first-order chi connectivity index (χ1) is 14.0. The smallest absolute Gasteiger partial charge is 0.299 e. The number of rotatable bonds is 13. The highest BCUT2D eigenvalue weighted by atomic mass is 32.2. The fourth-order valence-corrected chi connectivity index (χ4v) is 4.11. The molecule has 7 nitrogen and oxygen atoms in total. The summed E-state index contributed by atoms with van der Waals surface area (Å²) >= 11 is 0. The largest absolute Gasteiger partial charge is 0.550 e. The molecule has 8 heteroatoms. The van der Waals surface area contributed by atoms with Crippen molar-refractivity contribution >= 4 is 21.9 Å². The van der Waals surface area contributed by atoms with Crippen LogP contribution in [0.4, 0.5) is 5.69 Å². The van der Waals surface area contributed by atoms with Crippen molar-refractivity contribution < 1.29 is 22.8 Å². The Bertz CT molecular complexity index is 819. The van der Waals surface area contributed by atoms with E-state index in [4.69, 9.17) is 0 Å². The Hall–Kier alpha value is -2.08. The number of quaternary nitrogens is 1. The number of anilines is 1. The van der Waals surface area contributed by atoms with Gasteiger partial charge in [-0.05, 0) is 30.7 Å². The number of carbonyl (C=O) groups excluding carboxylic acids is 1. The van der Waals surface area contributed by atoms with Crippen LogP contribution in [0.1, 0.15) is 57.4 Å². The van der Waals surface area contributed by atoms with Gasteiger partial charge in [-0.2, -0.15) is 13.1 Å². The van der Waals surface area contributed by atoms with Crippen molar-refractivity contribution in [3.63, 3.8) is 0 Å². The molecule has 0 heterocycles. The number of carboxylic acid groups (broad SMARTS) is 1. The van der Waals surface area contributed by atoms with E-state index >= 15 is 0 Å². The third-order valence-electron chi connectivity index (χ3n) is 4.28. The number of nitrogens with one attached hydrogen (secondary N) is 2. The van der Waals surface area contributed by atoms with Crippen LogP contribution in [-0.4, -0.2) is 52.6 Å². The summed E-state index contributed by atoms with van der Waals surface area (Å²) in [7, 11) is 1.63. The fourth-order valence-electron chi connectivity index (χ4n) is 3.01. The first-order valence-electron chi connectivity index (χ1n) is 10.4. The van der Waals surface area contributed by atoms with E-state index in [1.807, 2.05) is 21.1 Å². The van der Waals surface area contributed by atoms with Crippen LogP contribution in [0.15, 0.2) is 24.3 Å². The zero-order valence-corrected chi connectivity index (χ0v) is 19.3. The molecular formula is C22H35N3O4S. The number of likely N-dealkylation sites (N-methyl/N-ethyl adjacent to an activating group) is 1. The Kier molecular flexibility index (Phi) is 10.9. The SMILES string of the molecule is CCCCCCCC#Cc1ccc(NS(=O)(=O)N[C@H](CC(=O)[O-])C[N+](C)(C)C)cc1. The molecule has 0 spiro atoms. The van der Waals surface area contributed by atoms with Gasteiger partial charge in [0.05, 0.1) is 33.7 Å². The number of nitrogens with zero attached hydrogens (tertiary/aromatic N) is 1. The minimum absolute atomic E-state index is 0.307. The lowest BCUT2D eigenvalue weighted by atomic mass is 10.1. The van der Waals surface area contributed by atoms with E-state index < -0.39 is 28.6 Å². The second kappa shape index (κ2) is 12.6. The first-order valence-corrected chi connectivity index (χ1v) is 11.9. The van der Waals surface area contributed by atoms with Gasteiger partial charge in [-0.1, -0.05) is 44.4 Å². The molecule has 0 aliphatic carbocycles. The van der Waals surface area contributed by atoms with Crippen LogP contribution in [0, 0.1) is 11.8 Å². The van der Waals surface area contributed by atoms with Gasteiger partial charge in [0.25, 0.3) is 10.2 Å². The average molecular weight is 438 g/mol. The van der Waals surface area contributed by atoms with Crippen molar-refractivity contribution in [2.75, 3.05) is 32.4 Å². The maximum Gasteiger partial charge on any atom is 0.299 e. The van der Waals surface area contributed by atoms with Crippen molar-refractivity contribution in [2.24, 2.45) is 0 Å². The molecule has 1 aromatic carbocycles. The summed E-state index contributed by atoms with van der Waals surface area (Å²) in [5, 5.41) is 11.0. The molecule has 1 rings (SSSR count). The van der Waals surface area contributed by atoms with Crippen LogP contribution < -0.4 is 14.6 Å². The minimum atomic E-state index is -3.93. The van der Waals surface area contributed by atoms with Crippen molar-refractivity contribution in [2.45, 2.75) is 57.9 Å². The number of aliphatic carboxylic acids is 1. The number of unbranched alkanes of at least 4 members (excludes halogenated alkanes) is 5. The Balaban J connectivity index is 2.63. The van der Waals surface area contributed by atoms with Gasteiger partial charge in [0.2, 0.25) is 0 Å². The third kappa shape index (κ3) is 12.5. The first kappa shape index (κ1) is 26.0. The minimum Gasteiger partial charge on any atom is -0.550 e. The van der Waals surface area contributed by atoms with E-state index in [-0.39, 0.29) is 0 Å². The maximum absolute atomic E-state index is 12.4. The van der Waals surface area contributed by atoms with Gasteiger partial charge < -0.3 is 14.4 Å². The zero-order chi connectivity index (χ0) is 22.6. The summed E-state index contributed by atoms with van der Waals surface area (Å²) in [6.07, 6.45) is 6.49. The van der Waals surface area contributed by atoms with Crippen LogP contribution in [-0.2, 0) is 15.0 Å². The number of benzene rings is 1. The normalized spacial score (nSPS) is 12.7. The van der Waals surface area contributed by atoms with Gasteiger partial charge in [0.1, 0.15) is 0 Å². The van der Waals surface area contributed by atoms with E-state index in [0.717, 1.165) is 18.4 Å². The van der Waals surface area contributed by atoms with Crippen LogP contribution in [0.2, 0.25) is 0 Å². The predicted molar refractivity (Wildman–Crippen MR) is 119 cm³/mol.